The van der Waals surface area contributed by atoms with E-state index < -0.39 is 0 Å². The van der Waals surface area contributed by atoms with Crippen LogP contribution in [0, 0.1) is 0 Å². The van der Waals surface area contributed by atoms with Gasteiger partial charge in [0.2, 0.25) is 5.91 Å². The van der Waals surface area contributed by atoms with E-state index in [1.54, 1.807) is 30.8 Å². The van der Waals surface area contributed by atoms with Crippen LogP contribution in [0.1, 0.15) is 36.0 Å². The zero-order valence-corrected chi connectivity index (χ0v) is 18.2. The number of hydrogen-bond acceptors (Lipinski definition) is 5. The molecule has 0 radical (unpaired) electrons. The molecule has 2 rings (SSSR count). The molecule has 0 aromatic heterocycles. The van der Waals surface area contributed by atoms with Crippen molar-refractivity contribution in [1.82, 2.24) is 15.1 Å². The minimum absolute atomic E-state index is 0.0171. The summed E-state index contributed by atoms with van der Waals surface area (Å²) in [5.74, 6) is 0.156. The summed E-state index contributed by atoms with van der Waals surface area (Å²) in [5, 5.41) is 6.38. The van der Waals surface area contributed by atoms with Crippen molar-refractivity contribution < 1.29 is 9.59 Å². The molecule has 7 heteroatoms. The van der Waals surface area contributed by atoms with Crippen LogP contribution < -0.4 is 10.6 Å². The quantitative estimate of drug-likeness (QED) is 0.553. The number of thioether (sulfide) groups is 1. The average Bonchev–Trinajstić information content (AvgIpc) is 3.21. The van der Waals surface area contributed by atoms with E-state index in [0.29, 0.717) is 12.1 Å². The van der Waals surface area contributed by atoms with Crippen molar-refractivity contribution in [1.29, 1.82) is 0 Å². The number of anilines is 1. The molecule has 2 N–H and O–H groups in total. The highest BCUT2D eigenvalue weighted by Gasteiger charge is 2.18. The summed E-state index contributed by atoms with van der Waals surface area (Å²) in [6, 6.07) is 7.58. The van der Waals surface area contributed by atoms with Crippen molar-refractivity contribution in [2.24, 2.45) is 0 Å². The van der Waals surface area contributed by atoms with E-state index in [9.17, 15) is 9.59 Å². The van der Waals surface area contributed by atoms with Gasteiger partial charge in [-0.05, 0) is 69.3 Å². The van der Waals surface area contributed by atoms with Crippen molar-refractivity contribution in [3.8, 4) is 0 Å². The Kier molecular flexibility index (Phi) is 9.64. The first-order valence-electron chi connectivity index (χ1n) is 10.1. The van der Waals surface area contributed by atoms with Crippen LogP contribution in [-0.2, 0) is 4.79 Å². The molecule has 2 amide bonds. The number of nitrogens with zero attached hydrogens (tertiary/aromatic N) is 2. The molecule has 6 nitrogen and oxygen atoms in total. The van der Waals surface area contributed by atoms with Gasteiger partial charge in [-0.1, -0.05) is 0 Å². The second kappa shape index (κ2) is 12.0. The van der Waals surface area contributed by atoms with Crippen molar-refractivity contribution in [3.05, 3.63) is 29.8 Å². The van der Waals surface area contributed by atoms with Crippen LogP contribution in [0.15, 0.2) is 24.3 Å². The van der Waals surface area contributed by atoms with E-state index in [-0.39, 0.29) is 17.1 Å². The highest BCUT2D eigenvalue weighted by molar-refractivity contribution is 7.99. The summed E-state index contributed by atoms with van der Waals surface area (Å²) in [5.41, 5.74) is 1.68. The number of benzene rings is 1. The highest BCUT2D eigenvalue weighted by atomic mass is 32.2. The molecule has 1 unspecified atom stereocenters. The smallest absolute Gasteiger partial charge is 0.251 e. The number of carbonyl (C=O) groups excluding carboxylic acids is 2. The van der Waals surface area contributed by atoms with Crippen LogP contribution in [0.3, 0.4) is 0 Å². The van der Waals surface area contributed by atoms with Crippen LogP contribution in [0.4, 0.5) is 5.69 Å². The number of rotatable bonds is 11. The molecule has 1 aliphatic rings. The first-order chi connectivity index (χ1) is 13.5. The molecule has 1 aromatic rings. The average molecular weight is 407 g/mol. The van der Waals surface area contributed by atoms with Crippen LogP contribution in [-0.4, -0.2) is 79.9 Å². The Hall–Kier alpha value is -1.73. The van der Waals surface area contributed by atoms with Gasteiger partial charge in [-0.2, -0.15) is 11.8 Å². The van der Waals surface area contributed by atoms with Gasteiger partial charge in [0, 0.05) is 45.0 Å². The zero-order valence-electron chi connectivity index (χ0n) is 17.4. The minimum Gasteiger partial charge on any atom is -0.385 e. The zero-order chi connectivity index (χ0) is 20.4. The van der Waals surface area contributed by atoms with E-state index in [2.05, 4.69) is 15.5 Å². The van der Waals surface area contributed by atoms with E-state index >= 15 is 0 Å². The largest absolute Gasteiger partial charge is 0.385 e. The molecule has 1 saturated heterocycles. The van der Waals surface area contributed by atoms with E-state index in [0.717, 1.165) is 44.7 Å². The first kappa shape index (κ1) is 22.6. The maximum atomic E-state index is 12.2. The Morgan fingerprint density at radius 2 is 1.82 bits per heavy atom. The van der Waals surface area contributed by atoms with Crippen molar-refractivity contribution in [2.75, 3.05) is 58.4 Å². The summed E-state index contributed by atoms with van der Waals surface area (Å²) in [4.78, 5) is 28.3. The minimum atomic E-state index is -0.0178. The molecule has 156 valence electrons. The van der Waals surface area contributed by atoms with Crippen LogP contribution in [0.2, 0.25) is 0 Å². The number of hydrogen-bond donors (Lipinski definition) is 2. The van der Waals surface area contributed by atoms with Gasteiger partial charge in [0.05, 0.1) is 5.25 Å². The van der Waals surface area contributed by atoms with E-state index in [4.69, 9.17) is 0 Å². The van der Waals surface area contributed by atoms with Crippen molar-refractivity contribution in [2.45, 2.75) is 30.9 Å². The van der Waals surface area contributed by atoms with Gasteiger partial charge in [-0.3, -0.25) is 9.59 Å². The molecule has 1 atom stereocenters. The fourth-order valence-corrected chi connectivity index (χ4v) is 4.14. The van der Waals surface area contributed by atoms with Gasteiger partial charge in [-0.15, -0.1) is 0 Å². The molecule has 28 heavy (non-hydrogen) atoms. The topological polar surface area (TPSA) is 64.7 Å². The molecule has 1 fully saturated rings. The van der Waals surface area contributed by atoms with Crippen LogP contribution in [0.25, 0.3) is 0 Å². The van der Waals surface area contributed by atoms with E-state index in [1.807, 2.05) is 30.5 Å². The maximum Gasteiger partial charge on any atom is 0.251 e. The molecular weight excluding hydrogens is 372 g/mol. The lowest BCUT2D eigenvalue weighted by atomic mass is 10.2. The number of nitrogens with one attached hydrogen (secondary N) is 2. The Labute approximate surface area is 173 Å². The molecule has 0 saturated carbocycles. The van der Waals surface area contributed by atoms with Crippen LogP contribution in [0.5, 0.6) is 0 Å². The number of likely N-dealkylation sites (tertiary alicyclic amines) is 1. The lowest BCUT2D eigenvalue weighted by Gasteiger charge is -2.18. The number of carbonyl (C=O) groups is 2. The Bertz CT molecular complexity index is 615. The Balaban J connectivity index is 1.67. The third-order valence-corrected chi connectivity index (χ3v) is 6.04. The summed E-state index contributed by atoms with van der Waals surface area (Å²) >= 11 is 1.61. The normalized spacial score (nSPS) is 15.2. The van der Waals surface area contributed by atoms with Gasteiger partial charge in [0.15, 0.2) is 0 Å². The molecule has 1 heterocycles. The molecular formula is C21H34N4O2S. The molecule has 0 spiro atoms. The predicted octanol–water partition coefficient (Wildman–Crippen LogP) is 2.52. The summed E-state index contributed by atoms with van der Waals surface area (Å²) < 4.78 is 0. The standard InChI is InChI=1S/C21H34N4O2S/c1-24(2)21(27)19(28-3)7-6-12-22-18-10-8-17(9-11-18)20(26)23-13-16-25-14-4-5-15-25/h8-11,19,22H,4-7,12-16H2,1-3H3,(H,23,26). The van der Waals surface area contributed by atoms with E-state index in [1.165, 1.54) is 12.8 Å². The lowest BCUT2D eigenvalue weighted by molar-refractivity contribution is -0.128. The van der Waals surface area contributed by atoms with Gasteiger partial charge in [0.25, 0.3) is 5.91 Å². The van der Waals surface area contributed by atoms with Gasteiger partial charge < -0.3 is 20.4 Å². The first-order valence-corrected chi connectivity index (χ1v) is 11.4. The highest BCUT2D eigenvalue weighted by Crippen LogP contribution is 2.16. The molecule has 1 aromatic carbocycles. The second-order valence-corrected chi connectivity index (χ2v) is 8.45. The Morgan fingerprint density at radius 1 is 1.14 bits per heavy atom. The monoisotopic (exact) mass is 406 g/mol. The predicted molar refractivity (Wildman–Crippen MR) is 118 cm³/mol. The molecule has 1 aliphatic heterocycles. The van der Waals surface area contributed by atoms with Gasteiger partial charge in [0.1, 0.15) is 0 Å². The number of amides is 2. The van der Waals surface area contributed by atoms with Crippen LogP contribution >= 0.6 is 11.8 Å². The van der Waals surface area contributed by atoms with Gasteiger partial charge >= 0.3 is 0 Å². The summed E-state index contributed by atoms with van der Waals surface area (Å²) in [7, 11) is 3.60. The summed E-state index contributed by atoms with van der Waals surface area (Å²) in [6.07, 6.45) is 6.29. The third-order valence-electron chi connectivity index (χ3n) is 5.03. The molecule has 0 bridgehead atoms. The van der Waals surface area contributed by atoms with Gasteiger partial charge in [-0.25, -0.2) is 0 Å². The third kappa shape index (κ3) is 7.36. The second-order valence-electron chi connectivity index (χ2n) is 7.41. The fourth-order valence-electron chi connectivity index (χ4n) is 3.33. The Morgan fingerprint density at radius 3 is 2.43 bits per heavy atom. The lowest BCUT2D eigenvalue weighted by Crippen LogP contribution is -2.33. The van der Waals surface area contributed by atoms with Crippen molar-refractivity contribution >= 4 is 29.3 Å². The fraction of sp³-hybridized carbons (Fsp3) is 0.619. The van der Waals surface area contributed by atoms with Crippen molar-refractivity contribution in [3.63, 3.8) is 0 Å². The maximum absolute atomic E-state index is 12.2. The molecule has 0 aliphatic carbocycles. The summed E-state index contributed by atoms with van der Waals surface area (Å²) in [6.45, 7) is 4.73. The SMILES string of the molecule is CSC(CCCNc1ccc(C(=O)NCCN2CCCC2)cc1)C(=O)N(C)C.